The van der Waals surface area contributed by atoms with Gasteiger partial charge < -0.3 is 25.2 Å². The molecule has 0 aromatic rings. The fourth-order valence-electron chi connectivity index (χ4n) is 3.01. The number of hydrogen-bond acceptors (Lipinski definition) is 5. The van der Waals surface area contributed by atoms with Crippen molar-refractivity contribution >= 4 is 5.97 Å². The molecule has 150 valence electrons. The molecule has 0 bridgehead atoms. The Bertz CT molecular complexity index is 448. The molecule has 4 N–H and O–H groups in total. The fourth-order valence-corrected chi connectivity index (χ4v) is 3.01. The minimum absolute atomic E-state index is 0.145. The van der Waals surface area contributed by atoms with Gasteiger partial charge in [0.2, 0.25) is 0 Å². The van der Waals surface area contributed by atoms with E-state index < -0.39 is 30.4 Å². The van der Waals surface area contributed by atoms with Crippen molar-refractivity contribution < 1.29 is 30.0 Å². The van der Waals surface area contributed by atoms with Crippen molar-refractivity contribution in [2.24, 2.45) is 0 Å². The topological polar surface area (TPSA) is 107 Å². The lowest BCUT2D eigenvalue weighted by molar-refractivity contribution is -0.137. The lowest BCUT2D eigenvalue weighted by Gasteiger charge is -2.17. The lowest BCUT2D eigenvalue weighted by atomic mass is 10.0. The first-order valence-electron chi connectivity index (χ1n) is 9.68. The van der Waals surface area contributed by atoms with Crippen LogP contribution in [-0.4, -0.2) is 56.9 Å². The first kappa shape index (κ1) is 22.8. The van der Waals surface area contributed by atoms with E-state index in [1.807, 2.05) is 12.2 Å². The highest BCUT2D eigenvalue weighted by molar-refractivity contribution is 5.66. The zero-order chi connectivity index (χ0) is 19.4. The minimum Gasteiger partial charge on any atom is -0.481 e. The predicted molar refractivity (Wildman–Crippen MR) is 99.8 cm³/mol. The summed E-state index contributed by atoms with van der Waals surface area (Å²) in [6, 6.07) is 0. The van der Waals surface area contributed by atoms with Gasteiger partial charge in [0.1, 0.15) is 0 Å². The average molecular weight is 370 g/mol. The van der Waals surface area contributed by atoms with Crippen molar-refractivity contribution in [2.45, 2.75) is 95.2 Å². The monoisotopic (exact) mass is 370 g/mol. The number of aliphatic hydroxyl groups is 3. The second-order valence-corrected chi connectivity index (χ2v) is 6.95. The Balaban J connectivity index is 2.27. The summed E-state index contributed by atoms with van der Waals surface area (Å²) in [7, 11) is 0. The van der Waals surface area contributed by atoms with Gasteiger partial charge in [0.05, 0.1) is 30.5 Å². The third-order valence-electron chi connectivity index (χ3n) is 4.56. The number of aliphatic hydroxyl groups excluding tert-OH is 3. The van der Waals surface area contributed by atoms with E-state index in [2.05, 4.69) is 6.92 Å². The molecule has 0 aromatic heterocycles. The van der Waals surface area contributed by atoms with Crippen LogP contribution in [0.4, 0.5) is 0 Å². The minimum atomic E-state index is -0.852. The van der Waals surface area contributed by atoms with Crippen LogP contribution in [0, 0.1) is 0 Å². The van der Waals surface area contributed by atoms with Gasteiger partial charge in [-0.2, -0.15) is 0 Å². The molecule has 1 aliphatic rings. The number of ether oxygens (including phenoxy) is 1. The lowest BCUT2D eigenvalue weighted by Crippen LogP contribution is -2.25. The maximum Gasteiger partial charge on any atom is 0.303 e. The van der Waals surface area contributed by atoms with Gasteiger partial charge in [-0.25, -0.2) is 0 Å². The Hall–Kier alpha value is -1.21. The second-order valence-electron chi connectivity index (χ2n) is 6.95. The van der Waals surface area contributed by atoms with Crippen molar-refractivity contribution in [1.29, 1.82) is 0 Å². The van der Waals surface area contributed by atoms with Gasteiger partial charge >= 0.3 is 5.97 Å². The summed E-state index contributed by atoms with van der Waals surface area (Å²) in [5.41, 5.74) is 0. The highest BCUT2D eigenvalue weighted by Gasteiger charge is 2.36. The van der Waals surface area contributed by atoms with Crippen molar-refractivity contribution in [3.8, 4) is 0 Å². The highest BCUT2D eigenvalue weighted by atomic mass is 16.5. The summed E-state index contributed by atoms with van der Waals surface area (Å²) in [4.78, 5) is 10.4. The molecule has 1 fully saturated rings. The highest BCUT2D eigenvalue weighted by Crippen LogP contribution is 2.27. The van der Waals surface area contributed by atoms with E-state index in [1.165, 1.54) is 12.2 Å². The van der Waals surface area contributed by atoms with Crippen molar-refractivity contribution in [3.63, 3.8) is 0 Å². The summed E-state index contributed by atoms with van der Waals surface area (Å²) in [5.74, 6) is -0.804. The molecule has 0 saturated carbocycles. The van der Waals surface area contributed by atoms with E-state index in [0.29, 0.717) is 25.7 Å². The number of carbonyl (C=O) groups is 1. The number of allylic oxidation sites excluding steroid dienone is 1. The normalized spacial score (nSPS) is 25.9. The second kappa shape index (κ2) is 13.0. The van der Waals surface area contributed by atoms with Crippen LogP contribution in [-0.2, 0) is 9.53 Å². The molecule has 0 radical (unpaired) electrons. The Kier molecular flexibility index (Phi) is 11.4. The third kappa shape index (κ3) is 9.48. The quantitative estimate of drug-likeness (QED) is 0.293. The van der Waals surface area contributed by atoms with Crippen LogP contribution in [0.2, 0.25) is 0 Å². The summed E-state index contributed by atoms with van der Waals surface area (Å²) in [5, 5.41) is 38.7. The molecule has 26 heavy (non-hydrogen) atoms. The number of rotatable bonds is 13. The van der Waals surface area contributed by atoms with Crippen LogP contribution in [0.15, 0.2) is 24.3 Å². The molecule has 1 saturated heterocycles. The van der Waals surface area contributed by atoms with Gasteiger partial charge in [0, 0.05) is 12.8 Å². The Labute approximate surface area is 156 Å². The van der Waals surface area contributed by atoms with E-state index >= 15 is 0 Å². The first-order valence-corrected chi connectivity index (χ1v) is 9.68. The molecule has 6 heteroatoms. The summed E-state index contributed by atoms with van der Waals surface area (Å²) in [6.45, 7) is 2.12. The number of carboxylic acids is 1. The Morgan fingerprint density at radius 2 is 1.96 bits per heavy atom. The Morgan fingerprint density at radius 3 is 2.65 bits per heavy atom. The largest absolute Gasteiger partial charge is 0.481 e. The number of hydrogen-bond donors (Lipinski definition) is 4. The SMILES string of the molecule is CCCCC[C@@H]1O[C@H]([C@@H](O)/C=C\[C@@H](O)C/C=C\CCCC(=O)O)C[C@H]1O. The van der Waals surface area contributed by atoms with Gasteiger partial charge in [-0.1, -0.05) is 50.5 Å². The molecule has 1 heterocycles. The molecule has 6 nitrogen and oxygen atoms in total. The zero-order valence-corrected chi connectivity index (χ0v) is 15.7. The average Bonchev–Trinajstić information content (AvgIpc) is 2.97. The van der Waals surface area contributed by atoms with Crippen LogP contribution in [0.25, 0.3) is 0 Å². The number of unbranched alkanes of at least 4 members (excludes halogenated alkanes) is 3. The van der Waals surface area contributed by atoms with Crippen LogP contribution in [0.1, 0.15) is 64.7 Å². The van der Waals surface area contributed by atoms with E-state index in [0.717, 1.165) is 25.7 Å². The standard InChI is InChI=1S/C20H34O6/c1-2-3-6-10-18-17(23)14-19(26-18)16(22)13-12-15(21)9-7-4-5-8-11-20(24)25/h4,7,12-13,15-19,21-23H,2-3,5-6,8-11,14H2,1H3,(H,24,25)/b7-4-,13-12-/t15-,16-,17+,18-,19-/m0/s1. The van der Waals surface area contributed by atoms with Crippen LogP contribution < -0.4 is 0 Å². The van der Waals surface area contributed by atoms with Crippen molar-refractivity contribution in [3.05, 3.63) is 24.3 Å². The summed E-state index contributed by atoms with van der Waals surface area (Å²) in [6.07, 6.45) is 10.2. The maximum atomic E-state index is 10.4. The molecular weight excluding hydrogens is 336 g/mol. The van der Waals surface area contributed by atoms with Crippen LogP contribution in [0.5, 0.6) is 0 Å². The van der Waals surface area contributed by atoms with Gasteiger partial charge in [-0.05, 0) is 25.7 Å². The molecule has 5 atom stereocenters. The van der Waals surface area contributed by atoms with Crippen LogP contribution in [0.3, 0.4) is 0 Å². The molecule has 0 unspecified atom stereocenters. The summed E-state index contributed by atoms with van der Waals surface area (Å²) >= 11 is 0. The van der Waals surface area contributed by atoms with Gasteiger partial charge in [-0.3, -0.25) is 4.79 Å². The smallest absolute Gasteiger partial charge is 0.303 e. The summed E-state index contributed by atoms with van der Waals surface area (Å²) < 4.78 is 5.76. The van der Waals surface area contributed by atoms with Crippen molar-refractivity contribution in [1.82, 2.24) is 0 Å². The molecular formula is C20H34O6. The van der Waals surface area contributed by atoms with Crippen LogP contribution >= 0.6 is 0 Å². The molecule has 0 aliphatic carbocycles. The van der Waals surface area contributed by atoms with E-state index in [9.17, 15) is 20.1 Å². The van der Waals surface area contributed by atoms with Gasteiger partial charge in [-0.15, -0.1) is 0 Å². The van der Waals surface area contributed by atoms with Crippen molar-refractivity contribution in [2.75, 3.05) is 0 Å². The van der Waals surface area contributed by atoms with E-state index in [4.69, 9.17) is 9.84 Å². The van der Waals surface area contributed by atoms with Gasteiger partial charge in [0.15, 0.2) is 0 Å². The molecule has 0 spiro atoms. The number of aliphatic carboxylic acids is 1. The van der Waals surface area contributed by atoms with E-state index in [1.54, 1.807) is 0 Å². The molecule has 1 rings (SSSR count). The third-order valence-corrected chi connectivity index (χ3v) is 4.56. The predicted octanol–water partition coefficient (Wildman–Crippen LogP) is 2.56. The fraction of sp³-hybridized carbons (Fsp3) is 0.750. The van der Waals surface area contributed by atoms with Gasteiger partial charge in [0.25, 0.3) is 0 Å². The molecule has 0 amide bonds. The number of carboxylic acid groups (broad SMARTS) is 1. The van der Waals surface area contributed by atoms with E-state index in [-0.39, 0.29) is 12.5 Å². The Morgan fingerprint density at radius 1 is 1.19 bits per heavy atom. The zero-order valence-electron chi connectivity index (χ0n) is 15.7. The first-order chi connectivity index (χ1) is 12.4. The molecule has 1 aliphatic heterocycles. The maximum absolute atomic E-state index is 10.4. The molecule has 0 aromatic carbocycles.